The van der Waals surface area contributed by atoms with Gasteiger partial charge < -0.3 is 20.7 Å². The molecule has 9 heteroatoms. The van der Waals surface area contributed by atoms with E-state index in [9.17, 15) is 9.59 Å². The molecule has 9 nitrogen and oxygen atoms in total. The molecule has 0 fully saturated rings. The Balaban J connectivity index is 1.85. The van der Waals surface area contributed by atoms with Crippen LogP contribution in [0.5, 0.6) is 0 Å². The molecule has 0 aliphatic heterocycles. The van der Waals surface area contributed by atoms with E-state index in [1.807, 2.05) is 0 Å². The number of carbonyl (C=O) groups is 2. The van der Waals surface area contributed by atoms with Crippen molar-refractivity contribution in [3.05, 3.63) is 42.2 Å². The van der Waals surface area contributed by atoms with E-state index in [0.717, 1.165) is 0 Å². The minimum atomic E-state index is -1.13. The Kier molecular flexibility index (Phi) is 4.80. The second-order valence-corrected chi connectivity index (χ2v) is 4.21. The van der Waals surface area contributed by atoms with Crippen molar-refractivity contribution in [3.63, 3.8) is 0 Å². The summed E-state index contributed by atoms with van der Waals surface area (Å²) in [5.74, 6) is -1.13. The predicted octanol–water partition coefficient (Wildman–Crippen LogP) is -0.305. The Hall–Kier alpha value is -2.97. The summed E-state index contributed by atoms with van der Waals surface area (Å²) in [6.45, 7) is 0.163. The molecule has 0 unspecified atom stereocenters. The maximum absolute atomic E-state index is 11.7. The van der Waals surface area contributed by atoms with Gasteiger partial charge in [0, 0.05) is 24.5 Å². The Morgan fingerprint density at radius 1 is 1.43 bits per heavy atom. The number of carbonyl (C=O) groups excluding carboxylic acids is 1. The third-order valence-corrected chi connectivity index (χ3v) is 2.64. The Bertz CT molecular complexity index is 586. The maximum Gasteiger partial charge on any atom is 0.326 e. The molecule has 1 atom stereocenters. The summed E-state index contributed by atoms with van der Waals surface area (Å²) in [5.41, 5.74) is 1.20. The van der Waals surface area contributed by atoms with Crippen LogP contribution in [0.1, 0.15) is 11.4 Å². The lowest BCUT2D eigenvalue weighted by atomic mass is 10.2. The van der Waals surface area contributed by atoms with Crippen molar-refractivity contribution in [2.75, 3.05) is 0 Å². The standard InChI is InChI=1S/C12H14N6O3/c19-11(20)10(4-9-5-13-7-15-9)17-12(21)14-6-8-2-1-3-16-18-8/h1-3,5,7,10H,4,6H2,(H,13,15)(H,19,20)(H2,14,17,21)/t10-/m1/s1. The Labute approximate surface area is 119 Å². The van der Waals surface area contributed by atoms with Gasteiger partial charge in [-0.3, -0.25) is 0 Å². The van der Waals surface area contributed by atoms with Gasteiger partial charge in [0.25, 0.3) is 0 Å². The molecule has 21 heavy (non-hydrogen) atoms. The number of carboxylic acids is 1. The summed E-state index contributed by atoms with van der Waals surface area (Å²) in [4.78, 5) is 29.4. The molecule has 2 aromatic heterocycles. The lowest BCUT2D eigenvalue weighted by Crippen LogP contribution is -2.47. The number of aromatic nitrogens is 4. The van der Waals surface area contributed by atoms with Gasteiger partial charge in [0.15, 0.2) is 0 Å². The highest BCUT2D eigenvalue weighted by Gasteiger charge is 2.20. The largest absolute Gasteiger partial charge is 0.480 e. The van der Waals surface area contributed by atoms with E-state index >= 15 is 0 Å². The van der Waals surface area contributed by atoms with Gasteiger partial charge in [0.2, 0.25) is 0 Å². The zero-order chi connectivity index (χ0) is 15.1. The average Bonchev–Trinajstić information content (AvgIpc) is 2.98. The van der Waals surface area contributed by atoms with E-state index in [2.05, 4.69) is 30.8 Å². The molecule has 0 saturated heterocycles. The summed E-state index contributed by atoms with van der Waals surface area (Å²) >= 11 is 0. The van der Waals surface area contributed by atoms with Crippen LogP contribution in [0.25, 0.3) is 0 Å². The van der Waals surface area contributed by atoms with Crippen LogP contribution in [0, 0.1) is 0 Å². The Morgan fingerprint density at radius 3 is 2.90 bits per heavy atom. The van der Waals surface area contributed by atoms with Crippen molar-refractivity contribution in [2.45, 2.75) is 19.0 Å². The molecule has 4 N–H and O–H groups in total. The molecule has 2 aromatic rings. The lowest BCUT2D eigenvalue weighted by Gasteiger charge is -2.14. The second-order valence-electron chi connectivity index (χ2n) is 4.21. The molecule has 0 saturated carbocycles. The molecule has 0 spiro atoms. The normalized spacial score (nSPS) is 11.6. The highest BCUT2D eigenvalue weighted by atomic mass is 16.4. The van der Waals surface area contributed by atoms with E-state index in [4.69, 9.17) is 5.11 Å². The van der Waals surface area contributed by atoms with E-state index in [0.29, 0.717) is 11.4 Å². The van der Waals surface area contributed by atoms with Gasteiger partial charge in [-0.2, -0.15) is 10.2 Å². The van der Waals surface area contributed by atoms with Crippen LogP contribution in [-0.4, -0.2) is 43.3 Å². The number of carboxylic acid groups (broad SMARTS) is 1. The first-order chi connectivity index (χ1) is 10.1. The van der Waals surface area contributed by atoms with Crippen molar-refractivity contribution in [1.82, 2.24) is 30.8 Å². The molecular formula is C12H14N6O3. The molecule has 0 aliphatic rings. The maximum atomic E-state index is 11.7. The van der Waals surface area contributed by atoms with Crippen LogP contribution < -0.4 is 10.6 Å². The van der Waals surface area contributed by atoms with E-state index in [1.165, 1.54) is 18.7 Å². The quantitative estimate of drug-likeness (QED) is 0.577. The summed E-state index contributed by atoms with van der Waals surface area (Å²) in [6, 6.07) is 1.76. The van der Waals surface area contributed by atoms with Crippen molar-refractivity contribution < 1.29 is 14.7 Å². The number of nitrogens with zero attached hydrogens (tertiary/aromatic N) is 3. The third-order valence-electron chi connectivity index (χ3n) is 2.64. The number of aliphatic carboxylic acids is 1. The van der Waals surface area contributed by atoms with Crippen molar-refractivity contribution >= 4 is 12.0 Å². The highest BCUT2D eigenvalue weighted by molar-refractivity contribution is 5.82. The number of urea groups is 1. The zero-order valence-corrected chi connectivity index (χ0v) is 11.0. The summed E-state index contributed by atoms with van der Waals surface area (Å²) in [7, 11) is 0. The third kappa shape index (κ3) is 4.56. The second kappa shape index (κ2) is 6.98. The van der Waals surface area contributed by atoms with E-state index < -0.39 is 18.0 Å². The monoisotopic (exact) mass is 290 g/mol. The van der Waals surface area contributed by atoms with Crippen LogP contribution in [0.3, 0.4) is 0 Å². The summed E-state index contributed by atoms with van der Waals surface area (Å²) in [6.07, 6.45) is 4.60. The molecular weight excluding hydrogens is 276 g/mol. The molecule has 0 aliphatic carbocycles. The van der Waals surface area contributed by atoms with Crippen molar-refractivity contribution in [2.24, 2.45) is 0 Å². The summed E-state index contributed by atoms with van der Waals surface area (Å²) in [5, 5.41) is 21.5. The fraction of sp³-hybridized carbons (Fsp3) is 0.250. The topological polar surface area (TPSA) is 133 Å². The van der Waals surface area contributed by atoms with Gasteiger partial charge >= 0.3 is 12.0 Å². The molecule has 0 aromatic carbocycles. The average molecular weight is 290 g/mol. The highest BCUT2D eigenvalue weighted by Crippen LogP contribution is 1.99. The van der Waals surface area contributed by atoms with Gasteiger partial charge in [0.1, 0.15) is 6.04 Å². The van der Waals surface area contributed by atoms with Gasteiger partial charge in [-0.15, -0.1) is 0 Å². The Morgan fingerprint density at radius 2 is 2.29 bits per heavy atom. The number of rotatable bonds is 6. The molecule has 0 bridgehead atoms. The minimum Gasteiger partial charge on any atom is -0.480 e. The zero-order valence-electron chi connectivity index (χ0n) is 11.0. The SMILES string of the molecule is O=C(NCc1cccnn1)N[C@H](Cc1cnc[nH]1)C(=O)O. The predicted molar refractivity (Wildman–Crippen MR) is 71.1 cm³/mol. The van der Waals surface area contributed by atoms with Crippen LogP contribution >= 0.6 is 0 Å². The number of amides is 2. The number of aromatic amines is 1. The molecule has 2 amide bonds. The number of imidazole rings is 1. The van der Waals surface area contributed by atoms with Crippen LogP contribution in [0.2, 0.25) is 0 Å². The van der Waals surface area contributed by atoms with Gasteiger partial charge in [-0.05, 0) is 12.1 Å². The fourth-order valence-electron chi connectivity index (χ4n) is 1.62. The van der Waals surface area contributed by atoms with Crippen molar-refractivity contribution in [3.8, 4) is 0 Å². The smallest absolute Gasteiger partial charge is 0.326 e. The molecule has 110 valence electrons. The molecule has 2 heterocycles. The number of hydrogen-bond acceptors (Lipinski definition) is 5. The van der Waals surface area contributed by atoms with Crippen LogP contribution in [-0.2, 0) is 17.8 Å². The minimum absolute atomic E-state index is 0.119. The first kappa shape index (κ1) is 14.4. The van der Waals surface area contributed by atoms with Gasteiger partial charge in [-0.1, -0.05) is 0 Å². The molecule has 0 radical (unpaired) electrons. The van der Waals surface area contributed by atoms with Crippen molar-refractivity contribution in [1.29, 1.82) is 0 Å². The first-order valence-corrected chi connectivity index (χ1v) is 6.16. The van der Waals surface area contributed by atoms with E-state index in [-0.39, 0.29) is 13.0 Å². The number of H-pyrrole nitrogens is 1. The summed E-state index contributed by atoms with van der Waals surface area (Å²) < 4.78 is 0. The van der Waals surface area contributed by atoms with Gasteiger partial charge in [-0.25, -0.2) is 14.6 Å². The van der Waals surface area contributed by atoms with E-state index in [1.54, 1.807) is 12.1 Å². The van der Waals surface area contributed by atoms with Crippen LogP contribution in [0.15, 0.2) is 30.9 Å². The fourth-order valence-corrected chi connectivity index (χ4v) is 1.62. The first-order valence-electron chi connectivity index (χ1n) is 6.16. The van der Waals surface area contributed by atoms with Gasteiger partial charge in [0.05, 0.1) is 18.6 Å². The number of nitrogens with one attached hydrogen (secondary N) is 3. The number of hydrogen-bond donors (Lipinski definition) is 4. The lowest BCUT2D eigenvalue weighted by molar-refractivity contribution is -0.139. The van der Waals surface area contributed by atoms with Crippen LogP contribution in [0.4, 0.5) is 4.79 Å². The molecule has 2 rings (SSSR count).